The van der Waals surface area contributed by atoms with Crippen molar-refractivity contribution in [3.8, 4) is 12.1 Å². The number of hydrogen-bond donors (Lipinski definition) is 1. The quantitative estimate of drug-likeness (QED) is 0.857. The lowest BCUT2D eigenvalue weighted by Crippen LogP contribution is -2.35. The number of amides is 1. The number of ketones is 1. The van der Waals surface area contributed by atoms with Gasteiger partial charge in [-0.2, -0.15) is 10.5 Å². The standard InChI is InChI=1S/C14H12ClN3O2/c15-12-9-8-14(3-1-5-16,4-2-6-17)11(19)7-10(9)18-13(12)20/h7H,1-4,8H2,(H,18,20). The maximum atomic E-state index is 12.4. The summed E-state index contributed by atoms with van der Waals surface area (Å²) in [5.74, 6) is -0.550. The summed E-state index contributed by atoms with van der Waals surface area (Å²) < 4.78 is 0. The van der Waals surface area contributed by atoms with Gasteiger partial charge in [-0.15, -0.1) is 0 Å². The van der Waals surface area contributed by atoms with Gasteiger partial charge in [-0.3, -0.25) is 9.59 Å². The topological polar surface area (TPSA) is 93.8 Å². The molecule has 0 aromatic heterocycles. The Labute approximate surface area is 121 Å². The second-order valence-electron chi connectivity index (χ2n) is 4.94. The molecule has 2 rings (SSSR count). The Morgan fingerprint density at radius 2 is 1.85 bits per heavy atom. The van der Waals surface area contributed by atoms with Crippen LogP contribution in [0.5, 0.6) is 0 Å². The van der Waals surface area contributed by atoms with Crippen molar-refractivity contribution >= 4 is 23.3 Å². The normalized spacial score (nSPS) is 19.9. The van der Waals surface area contributed by atoms with E-state index in [9.17, 15) is 9.59 Å². The molecule has 0 aromatic rings. The van der Waals surface area contributed by atoms with Gasteiger partial charge < -0.3 is 5.32 Å². The molecule has 20 heavy (non-hydrogen) atoms. The Morgan fingerprint density at radius 3 is 2.40 bits per heavy atom. The fourth-order valence-corrected chi connectivity index (χ4v) is 2.87. The first-order valence-corrected chi connectivity index (χ1v) is 6.62. The number of carbonyl (C=O) groups excluding carboxylic acids is 2. The van der Waals surface area contributed by atoms with E-state index in [0.29, 0.717) is 30.5 Å². The Kier molecular flexibility index (Phi) is 3.92. The van der Waals surface area contributed by atoms with Crippen molar-refractivity contribution in [2.75, 3.05) is 0 Å². The molecular weight excluding hydrogens is 278 g/mol. The molecule has 0 spiro atoms. The predicted molar refractivity (Wildman–Crippen MR) is 70.9 cm³/mol. The molecule has 0 aromatic carbocycles. The first kappa shape index (κ1) is 14.3. The van der Waals surface area contributed by atoms with E-state index in [1.807, 2.05) is 12.1 Å². The predicted octanol–water partition coefficient (Wildman–Crippen LogP) is 2.06. The van der Waals surface area contributed by atoms with Crippen LogP contribution in [0.25, 0.3) is 0 Å². The van der Waals surface area contributed by atoms with Crippen molar-refractivity contribution in [2.45, 2.75) is 32.1 Å². The fourth-order valence-electron chi connectivity index (χ4n) is 2.65. The summed E-state index contributed by atoms with van der Waals surface area (Å²) in [5.41, 5.74) is 0.276. The Hall–Kier alpha value is -2.11. The first-order valence-electron chi connectivity index (χ1n) is 6.24. The zero-order valence-electron chi connectivity index (χ0n) is 10.7. The number of nitrogens with zero attached hydrogens (tertiary/aromatic N) is 2. The third-order valence-electron chi connectivity index (χ3n) is 3.78. The van der Waals surface area contributed by atoms with Gasteiger partial charge in [0.2, 0.25) is 0 Å². The third-order valence-corrected chi connectivity index (χ3v) is 4.18. The van der Waals surface area contributed by atoms with Crippen molar-refractivity contribution in [3.05, 3.63) is 22.4 Å². The van der Waals surface area contributed by atoms with Crippen LogP contribution >= 0.6 is 11.6 Å². The van der Waals surface area contributed by atoms with Gasteiger partial charge in [0.1, 0.15) is 5.03 Å². The van der Waals surface area contributed by atoms with E-state index < -0.39 is 11.3 Å². The zero-order valence-corrected chi connectivity index (χ0v) is 11.5. The first-order chi connectivity index (χ1) is 9.54. The molecule has 0 bridgehead atoms. The molecule has 0 atom stereocenters. The van der Waals surface area contributed by atoms with Gasteiger partial charge in [0.05, 0.1) is 12.1 Å². The molecule has 1 aliphatic carbocycles. The molecular formula is C14H12ClN3O2. The van der Waals surface area contributed by atoms with Gasteiger partial charge in [-0.1, -0.05) is 11.6 Å². The molecule has 0 radical (unpaired) electrons. The summed E-state index contributed by atoms with van der Waals surface area (Å²) in [6.07, 6.45) is 2.88. The maximum Gasteiger partial charge on any atom is 0.267 e. The van der Waals surface area contributed by atoms with Crippen molar-refractivity contribution in [1.29, 1.82) is 10.5 Å². The molecule has 102 valence electrons. The van der Waals surface area contributed by atoms with E-state index in [-0.39, 0.29) is 23.7 Å². The summed E-state index contributed by atoms with van der Waals surface area (Å²) >= 11 is 5.96. The Bertz CT molecular complexity index is 601. The molecule has 2 aliphatic rings. The summed E-state index contributed by atoms with van der Waals surface area (Å²) in [4.78, 5) is 23.9. The highest BCUT2D eigenvalue weighted by Gasteiger charge is 2.44. The minimum atomic E-state index is -0.795. The number of nitriles is 2. The molecule has 1 aliphatic heterocycles. The monoisotopic (exact) mass is 289 g/mol. The number of nitrogens with one attached hydrogen (secondary N) is 1. The van der Waals surface area contributed by atoms with Crippen LogP contribution < -0.4 is 5.32 Å². The minimum Gasteiger partial charge on any atom is -0.321 e. The molecule has 5 nitrogen and oxygen atoms in total. The van der Waals surface area contributed by atoms with E-state index in [0.717, 1.165) is 0 Å². The number of carbonyl (C=O) groups is 2. The number of rotatable bonds is 4. The minimum absolute atomic E-state index is 0.0991. The van der Waals surface area contributed by atoms with Gasteiger partial charge >= 0.3 is 0 Å². The molecule has 1 heterocycles. The lowest BCUT2D eigenvalue weighted by atomic mass is 9.68. The second-order valence-corrected chi connectivity index (χ2v) is 5.32. The molecule has 1 amide bonds. The van der Waals surface area contributed by atoms with Crippen LogP contribution in [-0.4, -0.2) is 11.7 Å². The fraction of sp³-hybridized carbons (Fsp3) is 0.429. The van der Waals surface area contributed by atoms with Crippen LogP contribution in [0.2, 0.25) is 0 Å². The van der Waals surface area contributed by atoms with Crippen LogP contribution in [0.4, 0.5) is 0 Å². The molecule has 0 fully saturated rings. The van der Waals surface area contributed by atoms with Gasteiger partial charge in [0.25, 0.3) is 5.91 Å². The SMILES string of the molecule is N#CCCC1(CCC#N)CC2=C(Cl)C(=O)NC2=CC1=O. The number of hydrogen-bond acceptors (Lipinski definition) is 4. The number of halogens is 1. The smallest absolute Gasteiger partial charge is 0.267 e. The van der Waals surface area contributed by atoms with E-state index in [4.69, 9.17) is 22.1 Å². The van der Waals surface area contributed by atoms with Gasteiger partial charge in [0, 0.05) is 35.6 Å². The van der Waals surface area contributed by atoms with Crippen LogP contribution in [0.3, 0.4) is 0 Å². The van der Waals surface area contributed by atoms with E-state index >= 15 is 0 Å². The average molecular weight is 290 g/mol. The largest absolute Gasteiger partial charge is 0.321 e. The van der Waals surface area contributed by atoms with Crippen LogP contribution in [0, 0.1) is 28.1 Å². The lowest BCUT2D eigenvalue weighted by molar-refractivity contribution is -0.125. The molecule has 0 saturated carbocycles. The number of allylic oxidation sites excluding steroid dienone is 2. The summed E-state index contributed by atoms with van der Waals surface area (Å²) in [6, 6.07) is 4.06. The number of fused-ring (bicyclic) bond motifs is 1. The van der Waals surface area contributed by atoms with Gasteiger partial charge in [0.15, 0.2) is 5.78 Å². The summed E-state index contributed by atoms with van der Waals surface area (Å²) in [6.45, 7) is 0. The highest BCUT2D eigenvalue weighted by atomic mass is 35.5. The molecule has 0 saturated heterocycles. The molecule has 1 N–H and O–H groups in total. The van der Waals surface area contributed by atoms with E-state index in [2.05, 4.69) is 5.32 Å². The van der Waals surface area contributed by atoms with E-state index in [1.165, 1.54) is 6.08 Å². The second kappa shape index (κ2) is 5.48. The third kappa shape index (κ3) is 2.33. The average Bonchev–Trinajstić information content (AvgIpc) is 2.69. The Balaban J connectivity index is 2.39. The van der Waals surface area contributed by atoms with Crippen LogP contribution in [0.15, 0.2) is 22.4 Å². The highest BCUT2D eigenvalue weighted by molar-refractivity contribution is 6.44. The lowest BCUT2D eigenvalue weighted by Gasteiger charge is -2.34. The molecule has 6 heteroatoms. The zero-order chi connectivity index (χ0) is 14.8. The molecule has 0 unspecified atom stereocenters. The summed E-state index contributed by atoms with van der Waals surface area (Å²) in [5, 5.41) is 20.2. The van der Waals surface area contributed by atoms with E-state index in [1.54, 1.807) is 0 Å². The maximum absolute atomic E-state index is 12.4. The van der Waals surface area contributed by atoms with Crippen molar-refractivity contribution in [3.63, 3.8) is 0 Å². The summed E-state index contributed by atoms with van der Waals surface area (Å²) in [7, 11) is 0. The highest BCUT2D eigenvalue weighted by Crippen LogP contribution is 2.45. The van der Waals surface area contributed by atoms with Crippen LogP contribution in [-0.2, 0) is 9.59 Å². The van der Waals surface area contributed by atoms with Crippen molar-refractivity contribution in [1.82, 2.24) is 5.32 Å². The van der Waals surface area contributed by atoms with Crippen molar-refractivity contribution < 1.29 is 9.59 Å². The van der Waals surface area contributed by atoms with Gasteiger partial charge in [-0.25, -0.2) is 0 Å². The van der Waals surface area contributed by atoms with Gasteiger partial charge in [-0.05, 0) is 19.3 Å². The van der Waals surface area contributed by atoms with Crippen LogP contribution in [0.1, 0.15) is 32.1 Å². The van der Waals surface area contributed by atoms with Crippen molar-refractivity contribution in [2.24, 2.45) is 5.41 Å². The Morgan fingerprint density at radius 1 is 1.25 bits per heavy atom.